The maximum absolute atomic E-state index is 13.5. The third kappa shape index (κ3) is 4.52. The molecule has 106 valence electrons. The smallest absolute Gasteiger partial charge is 0.273 e. The number of hydrogen-bond donors (Lipinski definition) is 1. The SMILES string of the molecule is CCNC(COC)Cc1cc(F)c(Br)cc1[N+](=O)[O-]. The third-order valence-electron chi connectivity index (χ3n) is 2.65. The van der Waals surface area contributed by atoms with Crippen molar-refractivity contribution in [2.45, 2.75) is 19.4 Å². The van der Waals surface area contributed by atoms with Crippen LogP contribution in [0.15, 0.2) is 16.6 Å². The van der Waals surface area contributed by atoms with E-state index in [9.17, 15) is 14.5 Å². The molecule has 0 bridgehead atoms. The van der Waals surface area contributed by atoms with Crippen molar-refractivity contribution in [2.75, 3.05) is 20.3 Å². The molecule has 0 saturated heterocycles. The van der Waals surface area contributed by atoms with Crippen LogP contribution in [-0.2, 0) is 11.2 Å². The first-order valence-electron chi connectivity index (χ1n) is 5.84. The van der Waals surface area contributed by atoms with Crippen molar-refractivity contribution < 1.29 is 14.1 Å². The monoisotopic (exact) mass is 334 g/mol. The Hall–Kier alpha value is -1.05. The first-order valence-corrected chi connectivity index (χ1v) is 6.63. The number of hydrogen-bond acceptors (Lipinski definition) is 4. The number of rotatable bonds is 7. The second-order valence-electron chi connectivity index (χ2n) is 4.07. The number of ether oxygens (including phenoxy) is 1. The fourth-order valence-corrected chi connectivity index (χ4v) is 2.19. The van der Waals surface area contributed by atoms with Crippen LogP contribution in [0.1, 0.15) is 12.5 Å². The zero-order valence-corrected chi connectivity index (χ0v) is 12.4. The average Bonchev–Trinajstić information content (AvgIpc) is 2.33. The number of halogens is 2. The van der Waals surface area contributed by atoms with Crippen LogP contribution < -0.4 is 5.32 Å². The summed E-state index contributed by atoms with van der Waals surface area (Å²) >= 11 is 2.96. The summed E-state index contributed by atoms with van der Waals surface area (Å²) in [6, 6.07) is 2.30. The Balaban J connectivity index is 3.03. The van der Waals surface area contributed by atoms with Crippen LogP contribution >= 0.6 is 15.9 Å². The van der Waals surface area contributed by atoms with Gasteiger partial charge in [0, 0.05) is 24.8 Å². The van der Waals surface area contributed by atoms with Crippen molar-refractivity contribution in [3.8, 4) is 0 Å². The maximum atomic E-state index is 13.5. The molecule has 0 saturated carbocycles. The molecule has 0 heterocycles. The summed E-state index contributed by atoms with van der Waals surface area (Å²) in [6.07, 6.45) is 0.336. The van der Waals surface area contributed by atoms with Crippen molar-refractivity contribution in [1.82, 2.24) is 5.32 Å². The van der Waals surface area contributed by atoms with Gasteiger partial charge >= 0.3 is 0 Å². The summed E-state index contributed by atoms with van der Waals surface area (Å²) in [5, 5.41) is 14.1. The molecule has 7 heteroatoms. The fourth-order valence-electron chi connectivity index (χ4n) is 1.86. The summed E-state index contributed by atoms with van der Waals surface area (Å²) < 4.78 is 18.7. The number of nitro benzene ring substituents is 1. The van der Waals surface area contributed by atoms with Crippen molar-refractivity contribution in [1.29, 1.82) is 0 Å². The first kappa shape index (κ1) is 16.0. The highest BCUT2D eigenvalue weighted by Gasteiger charge is 2.20. The highest BCUT2D eigenvalue weighted by Crippen LogP contribution is 2.27. The zero-order chi connectivity index (χ0) is 14.4. The van der Waals surface area contributed by atoms with E-state index >= 15 is 0 Å². The van der Waals surface area contributed by atoms with E-state index in [-0.39, 0.29) is 16.2 Å². The first-order chi connectivity index (χ1) is 8.99. The van der Waals surface area contributed by atoms with Gasteiger partial charge in [0.1, 0.15) is 5.82 Å². The van der Waals surface area contributed by atoms with E-state index in [1.54, 1.807) is 7.11 Å². The van der Waals surface area contributed by atoms with Crippen LogP contribution in [0.3, 0.4) is 0 Å². The van der Waals surface area contributed by atoms with Crippen LogP contribution in [0, 0.1) is 15.9 Å². The van der Waals surface area contributed by atoms with Gasteiger partial charge in [-0.05, 0) is 35.0 Å². The molecule has 0 aliphatic carbocycles. The van der Waals surface area contributed by atoms with Gasteiger partial charge in [-0.15, -0.1) is 0 Å². The van der Waals surface area contributed by atoms with Crippen molar-refractivity contribution in [3.63, 3.8) is 0 Å². The number of likely N-dealkylation sites (N-methyl/N-ethyl adjacent to an activating group) is 1. The predicted molar refractivity (Wildman–Crippen MR) is 73.8 cm³/mol. The van der Waals surface area contributed by atoms with Crippen LogP contribution in [0.2, 0.25) is 0 Å². The molecular weight excluding hydrogens is 319 g/mol. The maximum Gasteiger partial charge on any atom is 0.273 e. The second-order valence-corrected chi connectivity index (χ2v) is 4.92. The molecule has 5 nitrogen and oxygen atoms in total. The molecule has 1 aromatic rings. The van der Waals surface area contributed by atoms with Gasteiger partial charge in [-0.3, -0.25) is 10.1 Å². The predicted octanol–water partition coefficient (Wildman–Crippen LogP) is 2.66. The molecule has 19 heavy (non-hydrogen) atoms. The highest BCUT2D eigenvalue weighted by molar-refractivity contribution is 9.10. The van der Waals surface area contributed by atoms with E-state index in [2.05, 4.69) is 21.2 Å². The van der Waals surface area contributed by atoms with E-state index in [1.165, 1.54) is 12.1 Å². The molecule has 1 rings (SSSR count). The molecule has 0 aliphatic heterocycles. The van der Waals surface area contributed by atoms with Crippen molar-refractivity contribution in [3.05, 3.63) is 38.1 Å². The largest absolute Gasteiger partial charge is 0.383 e. The lowest BCUT2D eigenvalue weighted by Gasteiger charge is -2.17. The Morgan fingerprint density at radius 3 is 2.79 bits per heavy atom. The molecule has 1 atom stereocenters. The van der Waals surface area contributed by atoms with Gasteiger partial charge in [-0.1, -0.05) is 6.92 Å². The standard InChI is InChI=1S/C12H16BrFN2O3/c1-3-15-9(7-19-2)4-8-5-11(14)10(13)6-12(8)16(17)18/h5-6,9,15H,3-4,7H2,1-2H3. The molecule has 0 fully saturated rings. The Morgan fingerprint density at radius 1 is 1.58 bits per heavy atom. The quantitative estimate of drug-likeness (QED) is 0.615. The number of nitrogens with one attached hydrogen (secondary N) is 1. The number of nitrogens with zero attached hydrogens (tertiary/aromatic N) is 1. The highest BCUT2D eigenvalue weighted by atomic mass is 79.9. The van der Waals surface area contributed by atoms with E-state index in [0.29, 0.717) is 25.1 Å². The van der Waals surface area contributed by atoms with Crippen LogP contribution in [-0.4, -0.2) is 31.2 Å². The summed E-state index contributed by atoms with van der Waals surface area (Å²) in [4.78, 5) is 10.5. The van der Waals surface area contributed by atoms with Gasteiger partial charge in [0.15, 0.2) is 0 Å². The van der Waals surface area contributed by atoms with Gasteiger partial charge in [-0.2, -0.15) is 0 Å². The Bertz CT molecular complexity index is 451. The Labute approximate surface area is 119 Å². The van der Waals surface area contributed by atoms with E-state index in [0.717, 1.165) is 0 Å². The Morgan fingerprint density at radius 2 is 2.26 bits per heavy atom. The van der Waals surface area contributed by atoms with Crippen LogP contribution in [0.4, 0.5) is 10.1 Å². The lowest BCUT2D eigenvalue weighted by Crippen LogP contribution is -2.35. The van der Waals surface area contributed by atoms with E-state index < -0.39 is 10.7 Å². The lowest BCUT2D eigenvalue weighted by atomic mass is 10.0. The summed E-state index contributed by atoms with van der Waals surface area (Å²) in [7, 11) is 1.56. The zero-order valence-electron chi connectivity index (χ0n) is 10.8. The topological polar surface area (TPSA) is 64.4 Å². The lowest BCUT2D eigenvalue weighted by molar-refractivity contribution is -0.385. The summed E-state index contributed by atoms with van der Waals surface area (Å²) in [5.74, 6) is -0.506. The number of nitro groups is 1. The molecule has 0 spiro atoms. The average molecular weight is 335 g/mol. The van der Waals surface area contributed by atoms with Gasteiger partial charge in [0.05, 0.1) is 16.0 Å². The minimum absolute atomic E-state index is 0.0886. The summed E-state index contributed by atoms with van der Waals surface area (Å²) in [5.41, 5.74) is 0.265. The minimum Gasteiger partial charge on any atom is -0.383 e. The molecule has 1 unspecified atom stereocenters. The van der Waals surface area contributed by atoms with E-state index in [4.69, 9.17) is 4.74 Å². The molecule has 0 radical (unpaired) electrons. The van der Waals surface area contributed by atoms with Crippen LogP contribution in [0.25, 0.3) is 0 Å². The fraction of sp³-hybridized carbons (Fsp3) is 0.500. The molecule has 0 aromatic heterocycles. The third-order valence-corrected chi connectivity index (χ3v) is 3.25. The molecule has 0 amide bonds. The van der Waals surface area contributed by atoms with Gasteiger partial charge in [0.25, 0.3) is 5.69 Å². The molecule has 0 aliphatic rings. The second kappa shape index (κ2) is 7.52. The molecule has 1 aromatic carbocycles. The minimum atomic E-state index is -0.506. The number of benzene rings is 1. The van der Waals surface area contributed by atoms with Gasteiger partial charge in [-0.25, -0.2) is 4.39 Å². The Kier molecular flexibility index (Phi) is 6.33. The normalized spacial score (nSPS) is 12.4. The van der Waals surface area contributed by atoms with Crippen molar-refractivity contribution >= 4 is 21.6 Å². The van der Waals surface area contributed by atoms with Crippen LogP contribution in [0.5, 0.6) is 0 Å². The summed E-state index contributed by atoms with van der Waals surface area (Å²) in [6.45, 7) is 3.04. The molecule has 1 N–H and O–H groups in total. The van der Waals surface area contributed by atoms with Gasteiger partial charge < -0.3 is 10.1 Å². The molecular formula is C12H16BrFN2O3. The number of methoxy groups -OCH3 is 1. The van der Waals surface area contributed by atoms with Crippen molar-refractivity contribution in [2.24, 2.45) is 0 Å². The van der Waals surface area contributed by atoms with E-state index in [1.807, 2.05) is 6.92 Å². The van der Waals surface area contributed by atoms with Gasteiger partial charge in [0.2, 0.25) is 0 Å².